The Kier molecular flexibility index (Phi) is 5.12. The Bertz CT molecular complexity index is 269. The first-order chi connectivity index (χ1) is 7.56. The molecule has 5 heteroatoms. The molecular formula is C11H20N2O2S. The molecule has 1 atom stereocenters. The van der Waals surface area contributed by atoms with Gasteiger partial charge in [-0.1, -0.05) is 20.8 Å². The molecule has 4 nitrogen and oxygen atoms in total. The molecule has 0 aromatic carbocycles. The van der Waals surface area contributed by atoms with Crippen LogP contribution in [0.4, 0.5) is 0 Å². The molecule has 16 heavy (non-hydrogen) atoms. The monoisotopic (exact) mass is 244 g/mol. The standard InChI is InChI=1S/C11H20N2O2S/c1-4-10(14)13-7-16-6-9(13)11(15)12-5-8(2)3/h8-9H,4-7H2,1-3H3,(H,12,15). The summed E-state index contributed by atoms with van der Waals surface area (Å²) >= 11 is 1.64. The Labute approximate surface area is 101 Å². The van der Waals surface area contributed by atoms with Crippen LogP contribution in [-0.4, -0.2) is 40.9 Å². The maximum absolute atomic E-state index is 11.9. The second kappa shape index (κ2) is 6.13. The number of rotatable bonds is 4. The number of carbonyl (C=O) groups excluding carboxylic acids is 2. The molecule has 1 unspecified atom stereocenters. The molecule has 0 aromatic rings. The summed E-state index contributed by atoms with van der Waals surface area (Å²) in [5.41, 5.74) is 0. The number of carbonyl (C=O) groups is 2. The van der Waals surface area contributed by atoms with Crippen LogP contribution in [0.2, 0.25) is 0 Å². The predicted molar refractivity (Wildman–Crippen MR) is 66.1 cm³/mol. The van der Waals surface area contributed by atoms with Gasteiger partial charge in [-0.15, -0.1) is 11.8 Å². The fraction of sp³-hybridized carbons (Fsp3) is 0.818. The van der Waals surface area contributed by atoms with Crippen LogP contribution in [0.15, 0.2) is 0 Å². The van der Waals surface area contributed by atoms with Crippen LogP contribution in [-0.2, 0) is 9.59 Å². The summed E-state index contributed by atoms with van der Waals surface area (Å²) in [6, 6.07) is -0.267. The Morgan fingerprint density at radius 2 is 2.19 bits per heavy atom. The van der Waals surface area contributed by atoms with E-state index in [1.807, 2.05) is 6.92 Å². The minimum absolute atomic E-state index is 0.0134. The highest BCUT2D eigenvalue weighted by atomic mass is 32.2. The van der Waals surface area contributed by atoms with E-state index in [1.165, 1.54) is 0 Å². The minimum atomic E-state index is -0.267. The van der Waals surface area contributed by atoms with Crippen molar-refractivity contribution >= 4 is 23.6 Å². The molecule has 0 aromatic heterocycles. The van der Waals surface area contributed by atoms with Crippen LogP contribution < -0.4 is 5.32 Å². The lowest BCUT2D eigenvalue weighted by molar-refractivity contribution is -0.137. The quantitative estimate of drug-likeness (QED) is 0.805. The van der Waals surface area contributed by atoms with Crippen molar-refractivity contribution < 1.29 is 9.59 Å². The Hall–Kier alpha value is -0.710. The van der Waals surface area contributed by atoms with E-state index in [4.69, 9.17) is 0 Å². The maximum atomic E-state index is 11.9. The Morgan fingerprint density at radius 3 is 2.75 bits per heavy atom. The van der Waals surface area contributed by atoms with Gasteiger partial charge in [0.15, 0.2) is 0 Å². The molecule has 1 saturated heterocycles. The second-order valence-electron chi connectivity index (χ2n) is 4.37. The average molecular weight is 244 g/mol. The summed E-state index contributed by atoms with van der Waals surface area (Å²) < 4.78 is 0. The molecule has 2 amide bonds. The molecule has 1 aliphatic rings. The van der Waals surface area contributed by atoms with Crippen LogP contribution >= 0.6 is 11.8 Å². The Morgan fingerprint density at radius 1 is 1.50 bits per heavy atom. The van der Waals surface area contributed by atoms with Crippen LogP contribution in [0.3, 0.4) is 0 Å². The molecule has 0 saturated carbocycles. The van der Waals surface area contributed by atoms with Gasteiger partial charge in [-0.25, -0.2) is 0 Å². The van der Waals surface area contributed by atoms with Crippen LogP contribution in [0.1, 0.15) is 27.2 Å². The van der Waals surface area contributed by atoms with Crippen molar-refractivity contribution in [3.8, 4) is 0 Å². The summed E-state index contributed by atoms with van der Waals surface area (Å²) in [5, 5.41) is 2.89. The summed E-state index contributed by atoms with van der Waals surface area (Å²) in [7, 11) is 0. The molecule has 1 rings (SSSR count). The fourth-order valence-electron chi connectivity index (χ4n) is 1.53. The van der Waals surface area contributed by atoms with Crippen molar-refractivity contribution in [1.82, 2.24) is 10.2 Å². The largest absolute Gasteiger partial charge is 0.354 e. The van der Waals surface area contributed by atoms with E-state index in [-0.39, 0.29) is 17.9 Å². The third kappa shape index (κ3) is 3.40. The predicted octanol–water partition coefficient (Wildman–Crippen LogP) is 1.07. The highest BCUT2D eigenvalue weighted by Crippen LogP contribution is 2.21. The molecule has 1 aliphatic heterocycles. The van der Waals surface area contributed by atoms with Gasteiger partial charge in [0.2, 0.25) is 11.8 Å². The van der Waals surface area contributed by atoms with E-state index in [2.05, 4.69) is 19.2 Å². The average Bonchev–Trinajstić information content (AvgIpc) is 2.73. The maximum Gasteiger partial charge on any atom is 0.243 e. The fourth-order valence-corrected chi connectivity index (χ4v) is 2.71. The first-order valence-corrected chi connectivity index (χ1v) is 6.86. The van der Waals surface area contributed by atoms with Crippen LogP contribution in [0.25, 0.3) is 0 Å². The number of nitrogens with one attached hydrogen (secondary N) is 1. The summed E-state index contributed by atoms with van der Waals surface area (Å²) in [4.78, 5) is 25.1. The van der Waals surface area contributed by atoms with E-state index in [0.717, 1.165) is 5.75 Å². The molecule has 1 N–H and O–H groups in total. The summed E-state index contributed by atoms with van der Waals surface area (Å²) in [6.07, 6.45) is 0.467. The summed E-state index contributed by atoms with van der Waals surface area (Å²) in [5.74, 6) is 1.85. The van der Waals surface area contributed by atoms with Gasteiger partial charge in [0.1, 0.15) is 6.04 Å². The zero-order chi connectivity index (χ0) is 12.1. The highest BCUT2D eigenvalue weighted by Gasteiger charge is 2.33. The highest BCUT2D eigenvalue weighted by molar-refractivity contribution is 7.99. The third-order valence-electron chi connectivity index (χ3n) is 2.49. The van der Waals surface area contributed by atoms with Crippen LogP contribution in [0.5, 0.6) is 0 Å². The first kappa shape index (κ1) is 13.4. The van der Waals surface area contributed by atoms with E-state index >= 15 is 0 Å². The topological polar surface area (TPSA) is 49.4 Å². The lowest BCUT2D eigenvalue weighted by Gasteiger charge is -2.22. The van der Waals surface area contributed by atoms with Gasteiger partial charge in [0.25, 0.3) is 0 Å². The number of thioether (sulfide) groups is 1. The van der Waals surface area contributed by atoms with E-state index in [1.54, 1.807) is 16.7 Å². The lowest BCUT2D eigenvalue weighted by Crippen LogP contribution is -2.47. The van der Waals surface area contributed by atoms with Crippen molar-refractivity contribution in [2.75, 3.05) is 18.2 Å². The number of amides is 2. The van der Waals surface area contributed by atoms with Gasteiger partial charge in [0.05, 0.1) is 5.88 Å². The minimum Gasteiger partial charge on any atom is -0.354 e. The van der Waals surface area contributed by atoms with Gasteiger partial charge in [0, 0.05) is 18.7 Å². The van der Waals surface area contributed by atoms with Crippen molar-refractivity contribution in [2.45, 2.75) is 33.2 Å². The normalized spacial score (nSPS) is 20.2. The zero-order valence-electron chi connectivity index (χ0n) is 10.2. The van der Waals surface area contributed by atoms with E-state index < -0.39 is 0 Å². The molecule has 0 bridgehead atoms. The lowest BCUT2D eigenvalue weighted by atomic mass is 10.2. The number of nitrogens with zero attached hydrogens (tertiary/aromatic N) is 1. The number of hydrogen-bond donors (Lipinski definition) is 1. The van der Waals surface area contributed by atoms with Gasteiger partial charge in [-0.05, 0) is 5.92 Å². The van der Waals surface area contributed by atoms with Crippen molar-refractivity contribution in [3.63, 3.8) is 0 Å². The van der Waals surface area contributed by atoms with E-state index in [9.17, 15) is 9.59 Å². The van der Waals surface area contributed by atoms with E-state index in [0.29, 0.717) is 24.8 Å². The zero-order valence-corrected chi connectivity index (χ0v) is 11.0. The molecule has 0 aliphatic carbocycles. The second-order valence-corrected chi connectivity index (χ2v) is 5.37. The molecule has 0 spiro atoms. The van der Waals surface area contributed by atoms with Crippen LogP contribution in [0, 0.1) is 5.92 Å². The summed E-state index contributed by atoms with van der Waals surface area (Å²) in [6.45, 7) is 6.61. The molecule has 92 valence electrons. The smallest absolute Gasteiger partial charge is 0.243 e. The van der Waals surface area contributed by atoms with Crippen molar-refractivity contribution in [3.05, 3.63) is 0 Å². The third-order valence-corrected chi connectivity index (χ3v) is 3.50. The molecule has 1 heterocycles. The van der Waals surface area contributed by atoms with Gasteiger partial charge < -0.3 is 10.2 Å². The van der Waals surface area contributed by atoms with Gasteiger partial charge in [-0.3, -0.25) is 9.59 Å². The first-order valence-electron chi connectivity index (χ1n) is 5.71. The molecule has 0 radical (unpaired) electrons. The van der Waals surface area contributed by atoms with Crippen molar-refractivity contribution in [2.24, 2.45) is 5.92 Å². The molecule has 1 fully saturated rings. The van der Waals surface area contributed by atoms with Crippen molar-refractivity contribution in [1.29, 1.82) is 0 Å². The van der Waals surface area contributed by atoms with Gasteiger partial charge in [-0.2, -0.15) is 0 Å². The molecular weight excluding hydrogens is 224 g/mol. The van der Waals surface area contributed by atoms with Gasteiger partial charge >= 0.3 is 0 Å². The Balaban J connectivity index is 2.51. The SMILES string of the molecule is CCC(=O)N1CSCC1C(=O)NCC(C)C. The number of hydrogen-bond acceptors (Lipinski definition) is 3.